The molecule has 3 heteroatoms. The zero-order valence-electron chi connectivity index (χ0n) is 7.86. The summed E-state index contributed by atoms with van der Waals surface area (Å²) in [6.45, 7) is 2.32. The van der Waals surface area contributed by atoms with Crippen LogP contribution < -0.4 is 5.32 Å². The van der Waals surface area contributed by atoms with Crippen molar-refractivity contribution >= 4 is 0 Å². The maximum atomic E-state index is 8.85. The maximum absolute atomic E-state index is 8.85. The lowest BCUT2D eigenvalue weighted by molar-refractivity contribution is -0.00579. The third kappa shape index (κ3) is 1.92. The van der Waals surface area contributed by atoms with Gasteiger partial charge in [-0.15, -0.1) is 0 Å². The van der Waals surface area contributed by atoms with Gasteiger partial charge in [0.05, 0.1) is 30.9 Å². The molecule has 1 N–H and O–H groups in total. The first-order chi connectivity index (χ1) is 6.90. The number of ether oxygens (including phenoxy) is 1. The van der Waals surface area contributed by atoms with Gasteiger partial charge in [0, 0.05) is 6.54 Å². The second kappa shape index (κ2) is 4.23. The van der Waals surface area contributed by atoms with Crippen molar-refractivity contribution < 1.29 is 4.74 Å². The molecule has 1 fully saturated rings. The Hall–Kier alpha value is -1.37. The Morgan fingerprint density at radius 3 is 2.86 bits per heavy atom. The molecule has 3 nitrogen and oxygen atoms in total. The molecule has 0 radical (unpaired) electrons. The smallest absolute Gasteiger partial charge is 0.0995 e. The summed E-state index contributed by atoms with van der Waals surface area (Å²) in [5.41, 5.74) is 1.81. The van der Waals surface area contributed by atoms with Crippen LogP contribution in [0.15, 0.2) is 24.3 Å². The van der Waals surface area contributed by atoms with E-state index in [1.165, 1.54) is 0 Å². The molecule has 14 heavy (non-hydrogen) atoms. The van der Waals surface area contributed by atoms with Crippen LogP contribution in [0.3, 0.4) is 0 Å². The molecule has 2 rings (SSSR count). The van der Waals surface area contributed by atoms with E-state index in [0.717, 1.165) is 30.9 Å². The van der Waals surface area contributed by atoms with Crippen molar-refractivity contribution in [1.82, 2.24) is 5.32 Å². The fourth-order valence-electron chi connectivity index (χ4n) is 1.39. The van der Waals surface area contributed by atoms with Crippen LogP contribution in [0, 0.1) is 11.3 Å². The van der Waals surface area contributed by atoms with Crippen molar-refractivity contribution in [3.63, 3.8) is 0 Å². The van der Waals surface area contributed by atoms with Crippen molar-refractivity contribution in [2.45, 2.75) is 12.6 Å². The van der Waals surface area contributed by atoms with Gasteiger partial charge in [-0.05, 0) is 11.6 Å². The van der Waals surface area contributed by atoms with Crippen LogP contribution in [0.5, 0.6) is 0 Å². The Morgan fingerprint density at radius 2 is 2.21 bits per heavy atom. The first-order valence-corrected chi connectivity index (χ1v) is 4.69. The summed E-state index contributed by atoms with van der Waals surface area (Å²) < 4.78 is 5.05. The SMILES string of the molecule is N#Cc1ccccc1CNC1COC1. The van der Waals surface area contributed by atoms with E-state index in [1.54, 1.807) is 0 Å². The van der Waals surface area contributed by atoms with Gasteiger partial charge in [-0.2, -0.15) is 5.26 Å². The predicted molar refractivity (Wildman–Crippen MR) is 52.6 cm³/mol. The third-order valence-corrected chi connectivity index (χ3v) is 2.36. The molecule has 0 aliphatic carbocycles. The lowest BCUT2D eigenvalue weighted by Crippen LogP contribution is -2.45. The number of rotatable bonds is 3. The molecule has 1 saturated heterocycles. The molecule has 0 unspecified atom stereocenters. The van der Waals surface area contributed by atoms with Gasteiger partial charge in [0.2, 0.25) is 0 Å². The lowest BCUT2D eigenvalue weighted by Gasteiger charge is -2.27. The first kappa shape index (κ1) is 9.20. The minimum absolute atomic E-state index is 0.460. The van der Waals surface area contributed by atoms with Crippen molar-refractivity contribution in [3.8, 4) is 6.07 Å². The van der Waals surface area contributed by atoms with E-state index < -0.39 is 0 Å². The van der Waals surface area contributed by atoms with Crippen LogP contribution in [-0.2, 0) is 11.3 Å². The third-order valence-electron chi connectivity index (χ3n) is 2.36. The van der Waals surface area contributed by atoms with E-state index in [0.29, 0.717) is 6.04 Å². The van der Waals surface area contributed by atoms with Gasteiger partial charge < -0.3 is 10.1 Å². The van der Waals surface area contributed by atoms with Gasteiger partial charge >= 0.3 is 0 Å². The van der Waals surface area contributed by atoms with Crippen molar-refractivity contribution in [1.29, 1.82) is 5.26 Å². The van der Waals surface area contributed by atoms with Gasteiger partial charge in [0.25, 0.3) is 0 Å². The highest BCUT2D eigenvalue weighted by Gasteiger charge is 2.17. The molecule has 0 bridgehead atoms. The Balaban J connectivity index is 1.97. The Morgan fingerprint density at radius 1 is 1.43 bits per heavy atom. The van der Waals surface area contributed by atoms with Crippen molar-refractivity contribution in [2.75, 3.05) is 13.2 Å². The summed E-state index contributed by atoms with van der Waals surface area (Å²) in [4.78, 5) is 0. The average Bonchev–Trinajstić information content (AvgIpc) is 2.16. The molecule has 1 aromatic carbocycles. The minimum Gasteiger partial charge on any atom is -0.378 e. The summed E-state index contributed by atoms with van der Waals surface area (Å²) in [5.74, 6) is 0. The maximum Gasteiger partial charge on any atom is 0.0995 e. The molecule has 72 valence electrons. The van der Waals surface area contributed by atoms with Crippen LogP contribution in [0.25, 0.3) is 0 Å². The molecular formula is C11H12N2O. The highest BCUT2D eigenvalue weighted by atomic mass is 16.5. The monoisotopic (exact) mass is 188 g/mol. The molecule has 1 aromatic rings. The highest BCUT2D eigenvalue weighted by molar-refractivity contribution is 5.37. The van der Waals surface area contributed by atoms with Crippen molar-refractivity contribution in [2.24, 2.45) is 0 Å². The van der Waals surface area contributed by atoms with E-state index >= 15 is 0 Å². The van der Waals surface area contributed by atoms with Crippen molar-refractivity contribution in [3.05, 3.63) is 35.4 Å². The van der Waals surface area contributed by atoms with E-state index in [-0.39, 0.29) is 0 Å². The molecule has 1 heterocycles. The van der Waals surface area contributed by atoms with Crippen LogP contribution in [0.1, 0.15) is 11.1 Å². The minimum atomic E-state index is 0.460. The van der Waals surface area contributed by atoms with Gasteiger partial charge in [0.15, 0.2) is 0 Å². The Bertz CT molecular complexity index is 353. The average molecular weight is 188 g/mol. The second-order valence-corrected chi connectivity index (χ2v) is 3.38. The van der Waals surface area contributed by atoms with Gasteiger partial charge in [-0.25, -0.2) is 0 Å². The normalized spacial score (nSPS) is 15.9. The van der Waals surface area contributed by atoms with Gasteiger partial charge in [0.1, 0.15) is 0 Å². The highest BCUT2D eigenvalue weighted by Crippen LogP contribution is 2.08. The van der Waals surface area contributed by atoms with Crippen LogP contribution in [-0.4, -0.2) is 19.3 Å². The molecule has 0 amide bonds. The van der Waals surface area contributed by atoms with Crippen LogP contribution in [0.2, 0.25) is 0 Å². The largest absolute Gasteiger partial charge is 0.378 e. The summed E-state index contributed by atoms with van der Waals surface area (Å²) >= 11 is 0. The zero-order valence-corrected chi connectivity index (χ0v) is 7.86. The standard InChI is InChI=1S/C11H12N2O/c12-5-9-3-1-2-4-10(9)6-13-11-7-14-8-11/h1-4,11,13H,6-8H2. The fraction of sp³-hybridized carbons (Fsp3) is 0.364. The summed E-state index contributed by atoms with van der Waals surface area (Å²) in [6.07, 6.45) is 0. The quantitative estimate of drug-likeness (QED) is 0.771. The molecule has 0 atom stereocenters. The Labute approximate surface area is 83.3 Å². The predicted octanol–water partition coefficient (Wildman–Crippen LogP) is 1.05. The summed E-state index contributed by atoms with van der Waals surface area (Å²) in [7, 11) is 0. The number of nitrogens with one attached hydrogen (secondary N) is 1. The van der Waals surface area contributed by atoms with E-state index in [9.17, 15) is 0 Å². The molecular weight excluding hydrogens is 176 g/mol. The fourth-order valence-corrected chi connectivity index (χ4v) is 1.39. The lowest BCUT2D eigenvalue weighted by atomic mass is 10.1. The summed E-state index contributed by atoms with van der Waals surface area (Å²) in [6, 6.07) is 10.3. The second-order valence-electron chi connectivity index (χ2n) is 3.38. The molecule has 0 spiro atoms. The number of nitrogens with zero attached hydrogens (tertiary/aromatic N) is 1. The van der Waals surface area contributed by atoms with E-state index in [2.05, 4.69) is 11.4 Å². The molecule has 1 aliphatic rings. The number of benzene rings is 1. The van der Waals surface area contributed by atoms with Gasteiger partial charge in [-0.1, -0.05) is 18.2 Å². The van der Waals surface area contributed by atoms with Crippen LogP contribution in [0.4, 0.5) is 0 Å². The topological polar surface area (TPSA) is 45.0 Å². The molecule has 0 aromatic heterocycles. The van der Waals surface area contributed by atoms with Crippen LogP contribution >= 0.6 is 0 Å². The Kier molecular flexibility index (Phi) is 2.78. The number of hydrogen-bond acceptors (Lipinski definition) is 3. The molecule has 1 aliphatic heterocycles. The molecule has 0 saturated carbocycles. The number of nitriles is 1. The number of hydrogen-bond donors (Lipinski definition) is 1. The van der Waals surface area contributed by atoms with Gasteiger partial charge in [-0.3, -0.25) is 0 Å². The first-order valence-electron chi connectivity index (χ1n) is 4.69. The summed E-state index contributed by atoms with van der Waals surface area (Å²) in [5, 5.41) is 12.2. The van der Waals surface area contributed by atoms with E-state index in [4.69, 9.17) is 10.00 Å². The van der Waals surface area contributed by atoms with E-state index in [1.807, 2.05) is 24.3 Å². The zero-order chi connectivity index (χ0) is 9.80.